The number of nitrogens with one attached hydrogen (secondary N) is 1. The van der Waals surface area contributed by atoms with Gasteiger partial charge in [0.25, 0.3) is 0 Å². The van der Waals surface area contributed by atoms with Gasteiger partial charge in [-0.25, -0.2) is 18.0 Å². The predicted molar refractivity (Wildman–Crippen MR) is 155 cm³/mol. The normalized spacial score (nSPS) is 17.1. The largest absolute Gasteiger partial charge is 0.444 e. The van der Waals surface area contributed by atoms with Crippen molar-refractivity contribution in [2.75, 3.05) is 11.9 Å². The molecule has 9 heteroatoms. The third kappa shape index (κ3) is 7.70. The zero-order valence-corrected chi connectivity index (χ0v) is 24.5. The second-order valence-corrected chi connectivity index (χ2v) is 12.0. The van der Waals surface area contributed by atoms with Crippen molar-refractivity contribution >= 4 is 17.7 Å². The lowest BCUT2D eigenvalue weighted by Crippen LogP contribution is -2.50. The van der Waals surface area contributed by atoms with Crippen LogP contribution in [0.15, 0.2) is 66.7 Å². The molecule has 2 amide bonds. The van der Waals surface area contributed by atoms with Gasteiger partial charge >= 0.3 is 6.09 Å². The van der Waals surface area contributed by atoms with Gasteiger partial charge in [0.15, 0.2) is 0 Å². The lowest BCUT2D eigenvalue weighted by molar-refractivity contribution is -0.116. The molecule has 0 aliphatic carbocycles. The van der Waals surface area contributed by atoms with Crippen molar-refractivity contribution in [2.45, 2.75) is 77.2 Å². The molecule has 0 bridgehead atoms. The number of rotatable bonds is 8. The van der Waals surface area contributed by atoms with Crippen molar-refractivity contribution in [3.8, 4) is 0 Å². The molecule has 1 saturated heterocycles. The molecule has 1 aliphatic rings. The van der Waals surface area contributed by atoms with Crippen LogP contribution >= 0.6 is 0 Å². The van der Waals surface area contributed by atoms with Crippen LogP contribution in [-0.2, 0) is 20.7 Å². The number of carbonyl (C=O) groups is 2. The van der Waals surface area contributed by atoms with E-state index in [1.807, 2.05) is 0 Å². The predicted octanol–water partition coefficient (Wildman–Crippen LogP) is 7.57. The van der Waals surface area contributed by atoms with E-state index in [2.05, 4.69) is 5.32 Å². The van der Waals surface area contributed by atoms with Gasteiger partial charge in [-0.15, -0.1) is 0 Å². The van der Waals surface area contributed by atoms with Crippen LogP contribution < -0.4 is 5.32 Å². The first-order chi connectivity index (χ1) is 19.7. The van der Waals surface area contributed by atoms with Crippen molar-refractivity contribution in [1.29, 1.82) is 0 Å². The van der Waals surface area contributed by atoms with E-state index in [-0.39, 0.29) is 25.5 Å². The Morgan fingerprint density at radius 3 is 2.36 bits per heavy atom. The topological polar surface area (TPSA) is 67.9 Å². The highest BCUT2D eigenvalue weighted by molar-refractivity contribution is 5.92. The Kier molecular flexibility index (Phi) is 9.30. The number of amides is 2. The van der Waals surface area contributed by atoms with Crippen LogP contribution in [0.2, 0.25) is 0 Å². The van der Waals surface area contributed by atoms with E-state index >= 15 is 4.39 Å². The van der Waals surface area contributed by atoms with Crippen LogP contribution in [0.4, 0.5) is 23.7 Å². The molecule has 3 aromatic rings. The highest BCUT2D eigenvalue weighted by Gasteiger charge is 2.45. The van der Waals surface area contributed by atoms with Crippen LogP contribution in [0, 0.1) is 17.5 Å². The first-order valence-corrected chi connectivity index (χ1v) is 14.0. The summed E-state index contributed by atoms with van der Waals surface area (Å²) in [6.45, 7) is 9.17. The summed E-state index contributed by atoms with van der Waals surface area (Å²) in [7, 11) is 0. The molecule has 0 aromatic heterocycles. The van der Waals surface area contributed by atoms with Crippen LogP contribution in [0.5, 0.6) is 0 Å². The first kappa shape index (κ1) is 31.1. The number of nitrogens with zero attached hydrogens (tertiary/aromatic N) is 1. The van der Waals surface area contributed by atoms with Crippen LogP contribution in [0.1, 0.15) is 70.1 Å². The van der Waals surface area contributed by atoms with Gasteiger partial charge in [-0.2, -0.15) is 0 Å². The highest BCUT2D eigenvalue weighted by atomic mass is 19.1. The number of anilines is 1. The maximum atomic E-state index is 15.1. The summed E-state index contributed by atoms with van der Waals surface area (Å²) in [4.78, 5) is 27.9. The molecule has 42 heavy (non-hydrogen) atoms. The van der Waals surface area contributed by atoms with Gasteiger partial charge in [0.1, 0.15) is 28.8 Å². The Morgan fingerprint density at radius 2 is 1.69 bits per heavy atom. The number of halogens is 3. The van der Waals surface area contributed by atoms with Crippen molar-refractivity contribution in [3.05, 3.63) is 101 Å². The number of benzene rings is 3. The second-order valence-electron chi connectivity index (χ2n) is 12.0. The molecular formula is C33H37F3N2O4. The number of hydrogen-bond acceptors (Lipinski definition) is 4. The van der Waals surface area contributed by atoms with Crippen molar-refractivity contribution < 1.29 is 32.2 Å². The van der Waals surface area contributed by atoms with Gasteiger partial charge in [0, 0.05) is 23.6 Å². The van der Waals surface area contributed by atoms with E-state index in [4.69, 9.17) is 9.47 Å². The summed E-state index contributed by atoms with van der Waals surface area (Å²) in [5.41, 5.74) is 0.208. The number of ether oxygens (including phenoxy) is 2. The minimum absolute atomic E-state index is 0.0812. The van der Waals surface area contributed by atoms with Crippen molar-refractivity contribution in [2.24, 2.45) is 0 Å². The third-order valence-corrected chi connectivity index (χ3v) is 7.20. The second kappa shape index (κ2) is 12.6. The molecular weight excluding hydrogens is 545 g/mol. The van der Waals surface area contributed by atoms with Crippen molar-refractivity contribution in [1.82, 2.24) is 4.90 Å². The van der Waals surface area contributed by atoms with E-state index in [0.717, 1.165) is 0 Å². The Labute approximate surface area is 244 Å². The Morgan fingerprint density at radius 1 is 1.00 bits per heavy atom. The van der Waals surface area contributed by atoms with E-state index in [9.17, 15) is 18.4 Å². The van der Waals surface area contributed by atoms with Gasteiger partial charge < -0.3 is 14.8 Å². The van der Waals surface area contributed by atoms with Gasteiger partial charge in [-0.05, 0) is 95.0 Å². The Hall–Kier alpha value is -3.85. The first-order valence-electron chi connectivity index (χ1n) is 14.0. The molecule has 0 spiro atoms. The fourth-order valence-corrected chi connectivity index (χ4v) is 5.25. The Bertz CT molecular complexity index is 1420. The summed E-state index contributed by atoms with van der Waals surface area (Å²) < 4.78 is 54.2. The molecule has 1 heterocycles. The standard InChI is InChI=1S/C33H37F3N2O4/c1-32(2,3)42-31(40)38-25(20-41-33(38,4)5)16-17-26-28(36)10-7-11-29(26)37-30(39)19-27(21-12-14-23(34)15-13-21)22-8-6-9-24(35)18-22/h6-15,18,25,27H,16-17,19-20H2,1-5H3,(H,37,39)/t25?,27-/m0/s1. The summed E-state index contributed by atoms with van der Waals surface area (Å²) in [5, 5.41) is 2.82. The minimum atomic E-state index is -0.897. The van der Waals surface area contributed by atoms with Crippen LogP contribution in [0.3, 0.4) is 0 Å². The molecule has 3 aromatic carbocycles. The van der Waals surface area contributed by atoms with Gasteiger partial charge in [-0.1, -0.05) is 30.3 Å². The zero-order valence-electron chi connectivity index (χ0n) is 24.5. The van der Waals surface area contributed by atoms with Gasteiger partial charge in [-0.3, -0.25) is 9.69 Å². The molecule has 0 saturated carbocycles. The molecule has 0 radical (unpaired) electrons. The molecule has 1 aliphatic heterocycles. The average Bonchev–Trinajstić information content (AvgIpc) is 3.20. The number of hydrogen-bond donors (Lipinski definition) is 1. The summed E-state index contributed by atoms with van der Waals surface area (Å²) in [6.07, 6.45) is -0.00573. The molecule has 224 valence electrons. The smallest absolute Gasteiger partial charge is 0.412 e. The fourth-order valence-electron chi connectivity index (χ4n) is 5.25. The summed E-state index contributed by atoms with van der Waals surface area (Å²) in [6, 6.07) is 15.7. The number of carbonyl (C=O) groups excluding carboxylic acids is 2. The van der Waals surface area contributed by atoms with E-state index < -0.39 is 46.7 Å². The molecule has 6 nitrogen and oxygen atoms in total. The van der Waals surface area contributed by atoms with Crippen LogP contribution in [0.25, 0.3) is 0 Å². The fraction of sp³-hybridized carbons (Fsp3) is 0.394. The molecule has 2 atom stereocenters. The zero-order chi connectivity index (χ0) is 30.7. The highest BCUT2D eigenvalue weighted by Crippen LogP contribution is 2.33. The molecule has 1 fully saturated rings. The van der Waals surface area contributed by atoms with Crippen LogP contribution in [-0.4, -0.2) is 40.9 Å². The third-order valence-electron chi connectivity index (χ3n) is 7.20. The maximum Gasteiger partial charge on any atom is 0.412 e. The SMILES string of the molecule is CC(C)(C)OC(=O)N1C(CCc2c(F)cccc2NC(=O)C[C@@H](c2ccc(F)cc2)c2cccc(F)c2)COC1(C)C. The molecule has 1 unspecified atom stereocenters. The lowest BCUT2D eigenvalue weighted by Gasteiger charge is -2.35. The maximum absolute atomic E-state index is 15.1. The van der Waals surface area contributed by atoms with E-state index in [1.165, 1.54) is 36.4 Å². The summed E-state index contributed by atoms with van der Waals surface area (Å²) >= 11 is 0. The minimum Gasteiger partial charge on any atom is -0.444 e. The molecule has 4 rings (SSSR count). The lowest BCUT2D eigenvalue weighted by atomic mass is 9.88. The molecule has 1 N–H and O–H groups in total. The van der Waals surface area contributed by atoms with Crippen molar-refractivity contribution in [3.63, 3.8) is 0 Å². The monoisotopic (exact) mass is 582 g/mol. The average molecular weight is 583 g/mol. The summed E-state index contributed by atoms with van der Waals surface area (Å²) in [5.74, 6) is -2.34. The quantitative estimate of drug-likeness (QED) is 0.298. The van der Waals surface area contributed by atoms with E-state index in [0.29, 0.717) is 28.8 Å². The van der Waals surface area contributed by atoms with E-state index in [1.54, 1.807) is 69.9 Å². The van der Waals surface area contributed by atoms with Gasteiger partial charge in [0.2, 0.25) is 5.91 Å². The van der Waals surface area contributed by atoms with Gasteiger partial charge in [0.05, 0.1) is 12.6 Å². The Balaban J connectivity index is 1.52.